The molecule has 3 rings (SSSR count). The van der Waals surface area contributed by atoms with Crippen molar-refractivity contribution >= 4 is 17.7 Å². The van der Waals surface area contributed by atoms with Crippen LogP contribution in [0.4, 0.5) is 5.82 Å². The molecule has 3 aromatic rings. The van der Waals surface area contributed by atoms with E-state index in [4.69, 9.17) is 15.2 Å². The Morgan fingerprint density at radius 1 is 1.26 bits per heavy atom. The van der Waals surface area contributed by atoms with E-state index >= 15 is 0 Å². The topological polar surface area (TPSA) is 139 Å². The highest BCUT2D eigenvalue weighted by Crippen LogP contribution is 2.29. The average molecular weight is 370 g/mol. The van der Waals surface area contributed by atoms with Crippen LogP contribution in [0.3, 0.4) is 0 Å². The number of nitrogen functional groups attached to an aromatic ring is 1. The van der Waals surface area contributed by atoms with Gasteiger partial charge in [-0.1, -0.05) is 11.3 Å². The van der Waals surface area contributed by atoms with Crippen LogP contribution in [0, 0.1) is 6.92 Å². The first-order valence-corrected chi connectivity index (χ1v) is 7.86. The highest BCUT2D eigenvalue weighted by Gasteiger charge is 2.17. The molecule has 0 aliphatic rings. The molecule has 0 amide bonds. The Morgan fingerprint density at radius 3 is 2.74 bits per heavy atom. The zero-order valence-corrected chi connectivity index (χ0v) is 15.2. The molecular weight excluding hydrogens is 352 g/mol. The minimum absolute atomic E-state index is 0.118. The van der Waals surface area contributed by atoms with Crippen molar-refractivity contribution in [2.75, 3.05) is 20.0 Å². The Morgan fingerprint density at radius 2 is 2.07 bits per heavy atom. The third kappa shape index (κ3) is 3.47. The molecule has 140 valence electrons. The van der Waals surface area contributed by atoms with Gasteiger partial charge >= 0.3 is 0 Å². The van der Waals surface area contributed by atoms with Gasteiger partial charge in [-0.2, -0.15) is 14.9 Å². The molecule has 0 radical (unpaired) electrons. The van der Waals surface area contributed by atoms with Crippen LogP contribution in [0.15, 0.2) is 33.0 Å². The van der Waals surface area contributed by atoms with E-state index in [0.29, 0.717) is 28.6 Å². The third-order valence-corrected chi connectivity index (χ3v) is 3.77. The van der Waals surface area contributed by atoms with Gasteiger partial charge in [-0.05, 0) is 36.3 Å². The Hall–Kier alpha value is -3.76. The highest BCUT2D eigenvalue weighted by molar-refractivity contribution is 5.98. The fourth-order valence-corrected chi connectivity index (χ4v) is 2.44. The first-order valence-electron chi connectivity index (χ1n) is 7.86. The van der Waals surface area contributed by atoms with E-state index in [1.165, 1.54) is 4.68 Å². The standard InChI is InChI=1S/C16H18N8O3/c1-9(13-10(2)24(23-20-13)16-15(17)21-27-22-16)19-18-8-11-6-5-7-12(25-3)14(11)26-4/h5-8H,1-4H3,(H2,17,21). The predicted molar refractivity (Wildman–Crippen MR) is 97.7 cm³/mol. The van der Waals surface area contributed by atoms with Crippen molar-refractivity contribution in [2.45, 2.75) is 13.8 Å². The maximum Gasteiger partial charge on any atom is 0.243 e. The van der Waals surface area contributed by atoms with Crippen LogP contribution < -0.4 is 15.2 Å². The van der Waals surface area contributed by atoms with Crippen LogP contribution in [0.2, 0.25) is 0 Å². The summed E-state index contributed by atoms with van der Waals surface area (Å²) in [6, 6.07) is 5.49. The molecule has 2 aromatic heterocycles. The van der Waals surface area contributed by atoms with Crippen molar-refractivity contribution < 1.29 is 14.1 Å². The number of hydrogen-bond acceptors (Lipinski definition) is 10. The molecule has 2 heterocycles. The van der Waals surface area contributed by atoms with Crippen molar-refractivity contribution in [3.63, 3.8) is 0 Å². The lowest BCUT2D eigenvalue weighted by molar-refractivity contribution is 0.306. The van der Waals surface area contributed by atoms with Crippen molar-refractivity contribution in [1.82, 2.24) is 25.3 Å². The summed E-state index contributed by atoms with van der Waals surface area (Å²) in [4.78, 5) is 0. The monoisotopic (exact) mass is 370 g/mol. The van der Waals surface area contributed by atoms with Crippen LogP contribution in [0.25, 0.3) is 5.82 Å². The van der Waals surface area contributed by atoms with E-state index in [9.17, 15) is 0 Å². The first kappa shape index (κ1) is 18.0. The summed E-state index contributed by atoms with van der Waals surface area (Å²) in [5, 5.41) is 23.6. The number of anilines is 1. The number of ether oxygens (including phenoxy) is 2. The minimum atomic E-state index is 0.118. The van der Waals surface area contributed by atoms with Gasteiger partial charge in [0.2, 0.25) is 11.6 Å². The van der Waals surface area contributed by atoms with Crippen LogP contribution in [0.1, 0.15) is 23.9 Å². The molecule has 0 saturated carbocycles. The van der Waals surface area contributed by atoms with Gasteiger partial charge in [-0.3, -0.25) is 0 Å². The van der Waals surface area contributed by atoms with E-state index in [0.717, 1.165) is 5.56 Å². The molecule has 0 aliphatic heterocycles. The van der Waals surface area contributed by atoms with Gasteiger partial charge in [0, 0.05) is 5.56 Å². The van der Waals surface area contributed by atoms with Gasteiger partial charge in [0.25, 0.3) is 0 Å². The summed E-state index contributed by atoms with van der Waals surface area (Å²) in [6.07, 6.45) is 1.57. The van der Waals surface area contributed by atoms with Gasteiger partial charge in [-0.15, -0.1) is 5.10 Å². The fourth-order valence-electron chi connectivity index (χ4n) is 2.44. The Bertz CT molecular complexity index is 1010. The molecule has 0 saturated heterocycles. The molecule has 0 unspecified atom stereocenters. The number of para-hydroxylation sites is 1. The number of hydrogen-bond donors (Lipinski definition) is 1. The summed E-state index contributed by atoms with van der Waals surface area (Å²) in [6.45, 7) is 3.57. The Kier molecular flexibility index (Phi) is 5.11. The molecule has 11 heteroatoms. The summed E-state index contributed by atoms with van der Waals surface area (Å²) in [5.74, 6) is 1.57. The number of benzene rings is 1. The Balaban J connectivity index is 1.86. The van der Waals surface area contributed by atoms with Crippen LogP contribution in [-0.2, 0) is 0 Å². The largest absolute Gasteiger partial charge is 0.493 e. The maximum absolute atomic E-state index is 5.69. The van der Waals surface area contributed by atoms with Crippen LogP contribution in [0.5, 0.6) is 11.5 Å². The lowest BCUT2D eigenvalue weighted by Gasteiger charge is -2.09. The van der Waals surface area contributed by atoms with Gasteiger partial charge < -0.3 is 15.2 Å². The van der Waals surface area contributed by atoms with Gasteiger partial charge in [0.1, 0.15) is 5.69 Å². The van der Waals surface area contributed by atoms with Crippen molar-refractivity contribution in [3.8, 4) is 17.3 Å². The summed E-state index contributed by atoms with van der Waals surface area (Å²) < 4.78 is 16.6. The smallest absolute Gasteiger partial charge is 0.243 e. The molecule has 0 fully saturated rings. The molecule has 0 spiro atoms. The SMILES string of the molecule is COc1cccc(C=NN=C(C)c2nnn(-c3nonc3N)c2C)c1OC. The number of nitrogens with two attached hydrogens (primary N) is 1. The second-order valence-electron chi connectivity index (χ2n) is 5.42. The van der Waals surface area contributed by atoms with E-state index in [2.05, 4.69) is 35.5 Å². The zero-order valence-electron chi connectivity index (χ0n) is 15.2. The second kappa shape index (κ2) is 7.64. The van der Waals surface area contributed by atoms with Gasteiger partial charge in [-0.25, -0.2) is 4.63 Å². The van der Waals surface area contributed by atoms with E-state index < -0.39 is 0 Å². The third-order valence-electron chi connectivity index (χ3n) is 3.77. The molecule has 2 N–H and O–H groups in total. The molecule has 1 aromatic carbocycles. The maximum atomic E-state index is 5.69. The highest BCUT2D eigenvalue weighted by atomic mass is 16.6. The number of methoxy groups -OCH3 is 2. The molecule has 0 atom stereocenters. The van der Waals surface area contributed by atoms with Crippen LogP contribution in [-0.4, -0.2) is 51.5 Å². The van der Waals surface area contributed by atoms with Gasteiger partial charge in [0.15, 0.2) is 11.5 Å². The lowest BCUT2D eigenvalue weighted by Crippen LogP contribution is -2.04. The van der Waals surface area contributed by atoms with E-state index in [-0.39, 0.29) is 11.6 Å². The zero-order chi connectivity index (χ0) is 19.4. The normalized spacial score (nSPS) is 11.9. The van der Waals surface area contributed by atoms with E-state index in [1.54, 1.807) is 40.3 Å². The number of rotatable bonds is 6. The number of aromatic nitrogens is 5. The lowest BCUT2D eigenvalue weighted by atomic mass is 10.2. The summed E-state index contributed by atoms with van der Waals surface area (Å²) >= 11 is 0. The minimum Gasteiger partial charge on any atom is -0.493 e. The number of nitrogens with zero attached hydrogens (tertiary/aromatic N) is 7. The first-order chi connectivity index (χ1) is 13.1. The van der Waals surface area contributed by atoms with Crippen molar-refractivity contribution in [3.05, 3.63) is 35.2 Å². The molecule has 0 bridgehead atoms. The van der Waals surface area contributed by atoms with Gasteiger partial charge in [0.05, 0.1) is 31.8 Å². The fraction of sp³-hybridized carbons (Fsp3) is 0.250. The molecule has 27 heavy (non-hydrogen) atoms. The molecular formula is C16H18N8O3. The average Bonchev–Trinajstić information content (AvgIpc) is 3.26. The molecule has 11 nitrogen and oxygen atoms in total. The van der Waals surface area contributed by atoms with Crippen molar-refractivity contribution in [2.24, 2.45) is 10.2 Å². The predicted octanol–water partition coefficient (Wildman–Crippen LogP) is 1.40. The Labute approximate surface area is 154 Å². The molecule has 0 aliphatic carbocycles. The van der Waals surface area contributed by atoms with E-state index in [1.807, 2.05) is 12.1 Å². The van der Waals surface area contributed by atoms with Crippen molar-refractivity contribution in [1.29, 1.82) is 0 Å². The summed E-state index contributed by atoms with van der Waals surface area (Å²) in [7, 11) is 3.14. The summed E-state index contributed by atoms with van der Waals surface area (Å²) in [5.41, 5.74) is 8.21. The quantitative estimate of drug-likeness (QED) is 0.507. The van der Waals surface area contributed by atoms with Crippen LogP contribution >= 0.6 is 0 Å². The second-order valence-corrected chi connectivity index (χ2v) is 5.42.